The number of benzene rings is 2. The fourth-order valence-electron chi connectivity index (χ4n) is 1.68. The van der Waals surface area contributed by atoms with E-state index in [0.29, 0.717) is 12.2 Å². The highest BCUT2D eigenvalue weighted by Gasteiger charge is 2.03. The Kier molecular flexibility index (Phi) is 4.11. The fraction of sp³-hybridized carbons (Fsp3) is 0.133. The number of aliphatic hydroxyl groups is 1. The maximum absolute atomic E-state index is 13.2. The van der Waals surface area contributed by atoms with Gasteiger partial charge in [0.05, 0.1) is 11.6 Å². The maximum Gasteiger partial charge on any atom is 0.131 e. The molecule has 0 bridgehead atoms. The number of nitrogens with zero attached hydrogens (tertiary/aromatic N) is 1. The van der Waals surface area contributed by atoms with Crippen LogP contribution in [0.1, 0.15) is 11.1 Å². The second-order valence-corrected chi connectivity index (χ2v) is 4.01. The molecule has 0 aliphatic rings. The van der Waals surface area contributed by atoms with Gasteiger partial charge >= 0.3 is 0 Å². The monoisotopic (exact) mass is 257 g/mol. The third-order valence-corrected chi connectivity index (χ3v) is 2.56. The van der Waals surface area contributed by atoms with Crippen molar-refractivity contribution in [1.82, 2.24) is 0 Å². The molecule has 0 atom stereocenters. The van der Waals surface area contributed by atoms with Gasteiger partial charge in [-0.3, -0.25) is 0 Å². The summed E-state index contributed by atoms with van der Waals surface area (Å²) in [5.41, 5.74) is 1.21. The highest BCUT2D eigenvalue weighted by atomic mass is 19.1. The molecule has 4 heteroatoms. The van der Waals surface area contributed by atoms with Crippen molar-refractivity contribution in [3.63, 3.8) is 0 Å². The molecule has 3 nitrogen and oxygen atoms in total. The Morgan fingerprint density at radius 2 is 1.84 bits per heavy atom. The van der Waals surface area contributed by atoms with Crippen LogP contribution in [-0.4, -0.2) is 11.7 Å². The van der Waals surface area contributed by atoms with Gasteiger partial charge in [-0.25, -0.2) is 4.39 Å². The summed E-state index contributed by atoms with van der Waals surface area (Å²) >= 11 is 0. The second-order valence-electron chi connectivity index (χ2n) is 4.01. The van der Waals surface area contributed by atoms with E-state index in [0.717, 1.165) is 11.6 Å². The molecular formula is C15H12FNO2. The Balaban J connectivity index is 2.17. The summed E-state index contributed by atoms with van der Waals surface area (Å²) in [6, 6.07) is 12.9. The van der Waals surface area contributed by atoms with Crippen LogP contribution in [0.25, 0.3) is 0 Å². The Hall–Kier alpha value is -2.38. The first-order valence-electron chi connectivity index (χ1n) is 5.79. The molecular weight excluding hydrogens is 245 g/mol. The second kappa shape index (κ2) is 5.98. The molecule has 0 saturated heterocycles. The van der Waals surface area contributed by atoms with Gasteiger partial charge in [0.1, 0.15) is 17.3 Å². The van der Waals surface area contributed by atoms with Crippen molar-refractivity contribution < 1.29 is 14.2 Å². The minimum atomic E-state index is -0.508. The Morgan fingerprint density at radius 1 is 1.11 bits per heavy atom. The number of nitriles is 1. The van der Waals surface area contributed by atoms with Crippen molar-refractivity contribution in [3.05, 3.63) is 59.4 Å². The van der Waals surface area contributed by atoms with Crippen LogP contribution in [0.15, 0.2) is 42.5 Å². The van der Waals surface area contributed by atoms with E-state index in [-0.39, 0.29) is 17.9 Å². The zero-order chi connectivity index (χ0) is 13.7. The predicted octanol–water partition coefficient (Wildman–Crippen LogP) is 3.02. The molecule has 0 saturated carbocycles. The third-order valence-electron chi connectivity index (χ3n) is 2.56. The molecule has 96 valence electrons. The molecule has 0 aromatic heterocycles. The summed E-state index contributed by atoms with van der Waals surface area (Å²) in [6.45, 7) is 0.0929. The van der Waals surface area contributed by atoms with Gasteiger partial charge in [0.15, 0.2) is 0 Å². The van der Waals surface area contributed by atoms with E-state index in [9.17, 15) is 4.39 Å². The molecule has 0 aliphatic carbocycles. The first kappa shape index (κ1) is 13.1. The zero-order valence-corrected chi connectivity index (χ0v) is 10.1. The van der Waals surface area contributed by atoms with E-state index in [1.54, 1.807) is 12.1 Å². The fourth-order valence-corrected chi connectivity index (χ4v) is 1.68. The zero-order valence-electron chi connectivity index (χ0n) is 10.1. The van der Waals surface area contributed by atoms with Gasteiger partial charge in [-0.2, -0.15) is 5.26 Å². The largest absolute Gasteiger partial charge is 0.457 e. The van der Waals surface area contributed by atoms with Crippen molar-refractivity contribution in [2.75, 3.05) is 6.61 Å². The average molecular weight is 257 g/mol. The van der Waals surface area contributed by atoms with Crippen LogP contribution in [0, 0.1) is 17.1 Å². The number of aliphatic hydroxyl groups excluding tert-OH is 1. The van der Waals surface area contributed by atoms with Crippen LogP contribution in [0.3, 0.4) is 0 Å². The van der Waals surface area contributed by atoms with E-state index in [1.807, 2.05) is 18.2 Å². The van der Waals surface area contributed by atoms with E-state index in [1.165, 1.54) is 12.1 Å². The molecule has 0 amide bonds. The van der Waals surface area contributed by atoms with Gasteiger partial charge in [0.25, 0.3) is 0 Å². The Bertz CT molecular complexity index is 603. The lowest BCUT2D eigenvalue weighted by molar-refractivity contribution is 0.299. The van der Waals surface area contributed by atoms with E-state index >= 15 is 0 Å². The van der Waals surface area contributed by atoms with Crippen molar-refractivity contribution in [2.24, 2.45) is 0 Å². The topological polar surface area (TPSA) is 53.2 Å². The van der Waals surface area contributed by atoms with Crippen LogP contribution in [-0.2, 0) is 6.42 Å². The maximum atomic E-state index is 13.2. The first-order chi connectivity index (χ1) is 9.21. The summed E-state index contributed by atoms with van der Waals surface area (Å²) < 4.78 is 18.7. The Morgan fingerprint density at radius 3 is 2.47 bits per heavy atom. The standard InChI is InChI=1S/C15H12FNO2/c16-13-7-12(10-17)8-15(9-13)19-14-3-1-11(2-4-14)5-6-18/h1-4,7-9,18H,5-6H2. The SMILES string of the molecule is N#Cc1cc(F)cc(Oc2ccc(CCO)cc2)c1. The number of hydrogen-bond acceptors (Lipinski definition) is 3. The van der Waals surface area contributed by atoms with Gasteiger partial charge in [-0.15, -0.1) is 0 Å². The predicted molar refractivity (Wildman–Crippen MR) is 68.4 cm³/mol. The van der Waals surface area contributed by atoms with Crippen molar-refractivity contribution >= 4 is 0 Å². The van der Waals surface area contributed by atoms with Crippen LogP contribution < -0.4 is 4.74 Å². The summed E-state index contributed by atoms with van der Waals surface area (Å²) in [7, 11) is 0. The quantitative estimate of drug-likeness (QED) is 0.915. The molecule has 0 spiro atoms. The summed E-state index contributed by atoms with van der Waals surface area (Å²) in [5.74, 6) is 0.327. The van der Waals surface area contributed by atoms with Gasteiger partial charge in [0, 0.05) is 12.7 Å². The molecule has 0 unspecified atom stereocenters. The lowest BCUT2D eigenvalue weighted by Crippen LogP contribution is -1.91. The highest BCUT2D eigenvalue weighted by molar-refractivity contribution is 5.40. The lowest BCUT2D eigenvalue weighted by Gasteiger charge is -2.07. The van der Waals surface area contributed by atoms with Gasteiger partial charge < -0.3 is 9.84 Å². The minimum absolute atomic E-state index is 0.0929. The molecule has 2 aromatic rings. The molecule has 19 heavy (non-hydrogen) atoms. The number of halogens is 1. The van der Waals surface area contributed by atoms with E-state index in [2.05, 4.69) is 0 Å². The van der Waals surface area contributed by atoms with Crippen LogP contribution >= 0.6 is 0 Å². The minimum Gasteiger partial charge on any atom is -0.457 e. The molecule has 0 fully saturated rings. The molecule has 0 aliphatic heterocycles. The van der Waals surface area contributed by atoms with Crippen molar-refractivity contribution in [1.29, 1.82) is 5.26 Å². The Labute approximate surface area is 110 Å². The highest BCUT2D eigenvalue weighted by Crippen LogP contribution is 2.23. The normalized spacial score (nSPS) is 9.95. The van der Waals surface area contributed by atoms with Crippen LogP contribution in [0.5, 0.6) is 11.5 Å². The van der Waals surface area contributed by atoms with Gasteiger partial charge in [-0.05, 0) is 36.2 Å². The van der Waals surface area contributed by atoms with Crippen LogP contribution in [0.2, 0.25) is 0 Å². The number of hydrogen-bond donors (Lipinski definition) is 1. The molecule has 1 N–H and O–H groups in total. The summed E-state index contributed by atoms with van der Waals surface area (Å²) in [5, 5.41) is 17.6. The smallest absolute Gasteiger partial charge is 0.131 e. The summed E-state index contributed by atoms with van der Waals surface area (Å²) in [4.78, 5) is 0. The van der Waals surface area contributed by atoms with Gasteiger partial charge in [-0.1, -0.05) is 12.1 Å². The third kappa shape index (κ3) is 3.54. The lowest BCUT2D eigenvalue weighted by atomic mass is 10.1. The van der Waals surface area contributed by atoms with E-state index < -0.39 is 5.82 Å². The van der Waals surface area contributed by atoms with E-state index in [4.69, 9.17) is 15.1 Å². The number of ether oxygens (including phenoxy) is 1. The first-order valence-corrected chi connectivity index (χ1v) is 5.79. The van der Waals surface area contributed by atoms with Crippen molar-refractivity contribution in [3.8, 4) is 17.6 Å². The molecule has 2 aromatic carbocycles. The molecule has 2 rings (SSSR count). The van der Waals surface area contributed by atoms with Gasteiger partial charge in [0.2, 0.25) is 0 Å². The molecule has 0 heterocycles. The average Bonchev–Trinajstić information content (AvgIpc) is 2.40. The number of rotatable bonds is 4. The van der Waals surface area contributed by atoms with Crippen molar-refractivity contribution in [2.45, 2.75) is 6.42 Å². The van der Waals surface area contributed by atoms with Crippen LogP contribution in [0.4, 0.5) is 4.39 Å². The molecule has 0 radical (unpaired) electrons. The summed E-state index contributed by atoms with van der Waals surface area (Å²) in [6.07, 6.45) is 0.582.